The van der Waals surface area contributed by atoms with Crippen molar-refractivity contribution in [3.05, 3.63) is 70.6 Å². The van der Waals surface area contributed by atoms with E-state index in [2.05, 4.69) is 53.8 Å². The SMILES string of the molecule is Cc1ccc(-c2c(C)noc2C)cc1NC1(c2ccc(C#N)cc2)CC1. The first-order valence-corrected chi connectivity index (χ1v) is 8.85. The molecule has 0 aliphatic heterocycles. The number of aryl methyl sites for hydroxylation is 3. The molecule has 4 nitrogen and oxygen atoms in total. The molecule has 130 valence electrons. The van der Waals surface area contributed by atoms with Gasteiger partial charge in [-0.05, 0) is 68.5 Å². The summed E-state index contributed by atoms with van der Waals surface area (Å²) < 4.78 is 5.33. The van der Waals surface area contributed by atoms with E-state index in [9.17, 15) is 0 Å². The highest BCUT2D eigenvalue weighted by molar-refractivity contribution is 5.73. The molecule has 3 aromatic rings. The molecule has 0 atom stereocenters. The maximum absolute atomic E-state index is 9.01. The predicted octanol–water partition coefficient (Wildman–Crippen LogP) is 5.24. The molecule has 0 bridgehead atoms. The summed E-state index contributed by atoms with van der Waals surface area (Å²) in [6.45, 7) is 6.04. The van der Waals surface area contributed by atoms with Crippen LogP contribution in [0.4, 0.5) is 5.69 Å². The Morgan fingerprint density at radius 2 is 1.81 bits per heavy atom. The summed E-state index contributed by atoms with van der Waals surface area (Å²) in [4.78, 5) is 0. The molecule has 0 amide bonds. The molecule has 1 fully saturated rings. The number of nitriles is 1. The maximum Gasteiger partial charge on any atom is 0.141 e. The zero-order valence-electron chi connectivity index (χ0n) is 15.3. The number of nitrogens with one attached hydrogen (secondary N) is 1. The highest BCUT2D eigenvalue weighted by Crippen LogP contribution is 2.49. The second-order valence-corrected chi connectivity index (χ2v) is 7.13. The number of hydrogen-bond acceptors (Lipinski definition) is 4. The minimum absolute atomic E-state index is 0.0316. The Morgan fingerprint density at radius 3 is 2.38 bits per heavy atom. The van der Waals surface area contributed by atoms with Crippen molar-refractivity contribution in [3.63, 3.8) is 0 Å². The van der Waals surface area contributed by atoms with Crippen molar-refractivity contribution in [2.75, 3.05) is 5.32 Å². The molecule has 0 spiro atoms. The van der Waals surface area contributed by atoms with Crippen molar-refractivity contribution < 1.29 is 4.52 Å². The van der Waals surface area contributed by atoms with Gasteiger partial charge in [-0.25, -0.2) is 0 Å². The van der Waals surface area contributed by atoms with Crippen molar-refractivity contribution in [1.82, 2.24) is 5.16 Å². The van der Waals surface area contributed by atoms with Gasteiger partial charge in [0.05, 0.1) is 22.9 Å². The van der Waals surface area contributed by atoms with Gasteiger partial charge in [-0.2, -0.15) is 5.26 Å². The molecule has 1 heterocycles. The summed E-state index contributed by atoms with van der Waals surface area (Å²) in [5.74, 6) is 0.838. The average molecular weight is 343 g/mol. The van der Waals surface area contributed by atoms with Crippen LogP contribution in [0.5, 0.6) is 0 Å². The van der Waals surface area contributed by atoms with Gasteiger partial charge in [0.15, 0.2) is 0 Å². The quantitative estimate of drug-likeness (QED) is 0.703. The number of benzene rings is 2. The first-order chi connectivity index (χ1) is 12.5. The van der Waals surface area contributed by atoms with Gasteiger partial charge in [-0.1, -0.05) is 29.4 Å². The third-order valence-electron chi connectivity index (χ3n) is 5.25. The third-order valence-corrected chi connectivity index (χ3v) is 5.25. The van der Waals surface area contributed by atoms with Crippen LogP contribution in [0.15, 0.2) is 47.0 Å². The standard InChI is InChI=1S/C22H21N3O/c1-14-4-7-18(21-15(2)25-26-16(21)3)12-20(14)24-22(10-11-22)19-8-5-17(13-23)6-9-19/h4-9,12,24H,10-11H2,1-3H3. The monoisotopic (exact) mass is 343 g/mol. The van der Waals surface area contributed by atoms with E-state index in [0.717, 1.165) is 41.1 Å². The van der Waals surface area contributed by atoms with E-state index in [0.29, 0.717) is 5.56 Å². The summed E-state index contributed by atoms with van der Waals surface area (Å²) in [5, 5.41) is 16.8. The molecule has 1 aliphatic carbocycles. The molecular formula is C22H21N3O. The summed E-state index contributed by atoms with van der Waals surface area (Å²) in [5.41, 5.74) is 7.33. The lowest BCUT2D eigenvalue weighted by molar-refractivity contribution is 0.393. The lowest BCUT2D eigenvalue weighted by Crippen LogP contribution is -2.19. The molecule has 1 saturated carbocycles. The predicted molar refractivity (Wildman–Crippen MR) is 102 cm³/mol. The maximum atomic E-state index is 9.01. The first kappa shape index (κ1) is 16.4. The minimum Gasteiger partial charge on any atom is -0.375 e. The van der Waals surface area contributed by atoms with Gasteiger partial charge in [-0.3, -0.25) is 0 Å². The zero-order valence-corrected chi connectivity index (χ0v) is 15.3. The van der Waals surface area contributed by atoms with Crippen LogP contribution in [0.1, 0.15) is 41.0 Å². The van der Waals surface area contributed by atoms with Crippen molar-refractivity contribution in [3.8, 4) is 17.2 Å². The van der Waals surface area contributed by atoms with Crippen LogP contribution < -0.4 is 5.32 Å². The first-order valence-electron chi connectivity index (χ1n) is 8.85. The molecule has 1 aromatic heterocycles. The second kappa shape index (κ2) is 6.03. The lowest BCUT2D eigenvalue weighted by atomic mass is 9.99. The van der Waals surface area contributed by atoms with E-state index in [1.165, 1.54) is 11.1 Å². The van der Waals surface area contributed by atoms with Crippen LogP contribution in [-0.4, -0.2) is 5.16 Å². The van der Waals surface area contributed by atoms with E-state index >= 15 is 0 Å². The number of anilines is 1. The number of aromatic nitrogens is 1. The fourth-order valence-corrected chi connectivity index (χ4v) is 3.54. The van der Waals surface area contributed by atoms with Crippen LogP contribution >= 0.6 is 0 Å². The Morgan fingerprint density at radius 1 is 1.08 bits per heavy atom. The summed E-state index contributed by atoms with van der Waals surface area (Å²) in [6, 6.07) is 16.5. The topological polar surface area (TPSA) is 61.9 Å². The average Bonchev–Trinajstić information content (AvgIpc) is 3.36. The number of nitrogens with zero attached hydrogens (tertiary/aromatic N) is 2. The van der Waals surface area contributed by atoms with Gasteiger partial charge in [-0.15, -0.1) is 0 Å². The van der Waals surface area contributed by atoms with E-state index in [-0.39, 0.29) is 5.54 Å². The van der Waals surface area contributed by atoms with E-state index in [1.54, 1.807) is 0 Å². The highest BCUT2D eigenvalue weighted by atomic mass is 16.5. The van der Waals surface area contributed by atoms with Gasteiger partial charge < -0.3 is 9.84 Å². The van der Waals surface area contributed by atoms with Gasteiger partial charge in [0, 0.05) is 11.3 Å². The zero-order chi connectivity index (χ0) is 18.3. The smallest absolute Gasteiger partial charge is 0.141 e. The Labute approximate surface area is 153 Å². The highest BCUT2D eigenvalue weighted by Gasteiger charge is 2.44. The summed E-state index contributed by atoms with van der Waals surface area (Å²) >= 11 is 0. The van der Waals surface area contributed by atoms with Gasteiger partial charge in [0.25, 0.3) is 0 Å². The van der Waals surface area contributed by atoms with Gasteiger partial charge >= 0.3 is 0 Å². The van der Waals surface area contributed by atoms with Crippen molar-refractivity contribution in [1.29, 1.82) is 5.26 Å². The molecule has 1 aliphatic rings. The van der Waals surface area contributed by atoms with E-state index < -0.39 is 0 Å². The fourth-order valence-electron chi connectivity index (χ4n) is 3.54. The van der Waals surface area contributed by atoms with Crippen molar-refractivity contribution >= 4 is 5.69 Å². The Hall–Kier alpha value is -3.06. The molecule has 0 radical (unpaired) electrons. The largest absolute Gasteiger partial charge is 0.375 e. The Kier molecular flexibility index (Phi) is 3.81. The Bertz CT molecular complexity index is 985. The normalized spacial score (nSPS) is 14.7. The number of hydrogen-bond donors (Lipinski definition) is 1. The van der Waals surface area contributed by atoms with Crippen molar-refractivity contribution in [2.45, 2.75) is 39.2 Å². The van der Waals surface area contributed by atoms with Crippen LogP contribution in [0.3, 0.4) is 0 Å². The summed E-state index contributed by atoms with van der Waals surface area (Å²) in [6.07, 6.45) is 2.18. The van der Waals surface area contributed by atoms with Crippen LogP contribution in [0, 0.1) is 32.1 Å². The molecule has 0 saturated heterocycles. The second-order valence-electron chi connectivity index (χ2n) is 7.13. The third kappa shape index (κ3) is 2.76. The van der Waals surface area contributed by atoms with Crippen LogP contribution in [0.25, 0.3) is 11.1 Å². The van der Waals surface area contributed by atoms with Crippen LogP contribution in [0.2, 0.25) is 0 Å². The Balaban J connectivity index is 1.68. The molecular weight excluding hydrogens is 322 g/mol. The van der Waals surface area contributed by atoms with Crippen LogP contribution in [-0.2, 0) is 5.54 Å². The number of rotatable bonds is 4. The molecule has 2 aromatic carbocycles. The molecule has 4 heteroatoms. The summed E-state index contributed by atoms with van der Waals surface area (Å²) in [7, 11) is 0. The molecule has 26 heavy (non-hydrogen) atoms. The molecule has 1 N–H and O–H groups in total. The van der Waals surface area contributed by atoms with Crippen molar-refractivity contribution in [2.24, 2.45) is 0 Å². The van der Waals surface area contributed by atoms with Gasteiger partial charge in [0.1, 0.15) is 5.76 Å². The molecule has 4 rings (SSSR count). The fraction of sp³-hybridized carbons (Fsp3) is 0.273. The molecule has 0 unspecified atom stereocenters. The van der Waals surface area contributed by atoms with Gasteiger partial charge in [0.2, 0.25) is 0 Å². The van der Waals surface area contributed by atoms with E-state index in [1.807, 2.05) is 26.0 Å². The minimum atomic E-state index is -0.0316. The van der Waals surface area contributed by atoms with E-state index in [4.69, 9.17) is 9.78 Å². The lowest BCUT2D eigenvalue weighted by Gasteiger charge is -2.21.